The molecule has 2 aromatic carbocycles. The Hall–Kier alpha value is -0.910. The number of nitrogens with one attached hydrogen (secondary N) is 1. The van der Waals surface area contributed by atoms with Crippen LogP contribution in [0.1, 0.15) is 12.5 Å². The van der Waals surface area contributed by atoms with Crippen molar-refractivity contribution in [3.05, 3.63) is 52.5 Å². The molecule has 0 saturated heterocycles. The van der Waals surface area contributed by atoms with E-state index >= 15 is 0 Å². The second kappa shape index (κ2) is 7.20. The molecule has 0 aromatic heterocycles. The maximum absolute atomic E-state index is 7.85. The highest BCUT2D eigenvalue weighted by molar-refractivity contribution is 9.10. The lowest BCUT2D eigenvalue weighted by Crippen LogP contribution is -2.13. The molecule has 0 fully saturated rings. The normalized spacial score (nSPS) is 10.5. The van der Waals surface area contributed by atoms with Gasteiger partial charge in [0, 0.05) is 24.7 Å². The molecule has 3 N–H and O–H groups in total. The van der Waals surface area contributed by atoms with Gasteiger partial charge in [0.2, 0.25) is 0 Å². The van der Waals surface area contributed by atoms with Gasteiger partial charge in [-0.3, -0.25) is 5.41 Å². The van der Waals surface area contributed by atoms with E-state index in [0.717, 1.165) is 30.5 Å². The Balaban J connectivity index is 2.40. The number of benzene rings is 2. The Morgan fingerprint density at radius 1 is 1.20 bits per heavy atom. The molecular weight excluding hydrogens is 352 g/mol. The molecule has 2 aromatic rings. The van der Waals surface area contributed by atoms with Crippen molar-refractivity contribution >= 4 is 45.3 Å². The van der Waals surface area contributed by atoms with Crippen LogP contribution in [0.2, 0.25) is 0 Å². The van der Waals surface area contributed by atoms with Crippen LogP contribution in [0, 0.1) is 5.41 Å². The molecule has 0 unspecified atom stereocenters. The minimum atomic E-state index is 0.124. The lowest BCUT2D eigenvalue weighted by molar-refractivity contribution is 1.24. The summed E-state index contributed by atoms with van der Waals surface area (Å²) in [5.41, 5.74) is 6.61. The average molecular weight is 367 g/mol. The molecule has 0 heterocycles. The van der Waals surface area contributed by atoms with Crippen molar-refractivity contribution in [2.75, 3.05) is 5.75 Å². The first kappa shape index (κ1) is 15.5. The summed E-state index contributed by atoms with van der Waals surface area (Å²) in [7, 11) is 0. The smallest absolute Gasteiger partial charge is 0.125 e. The van der Waals surface area contributed by atoms with Gasteiger partial charge in [0.1, 0.15) is 5.84 Å². The van der Waals surface area contributed by atoms with Gasteiger partial charge in [-0.05, 0) is 36.1 Å². The van der Waals surface area contributed by atoms with Crippen molar-refractivity contribution in [1.29, 1.82) is 5.41 Å². The van der Waals surface area contributed by atoms with E-state index in [-0.39, 0.29) is 5.84 Å². The van der Waals surface area contributed by atoms with Gasteiger partial charge >= 0.3 is 0 Å². The number of thioether (sulfide) groups is 1. The van der Waals surface area contributed by atoms with Crippen molar-refractivity contribution in [2.45, 2.75) is 21.6 Å². The third kappa shape index (κ3) is 3.81. The zero-order valence-corrected chi connectivity index (χ0v) is 14.2. The van der Waals surface area contributed by atoms with Crippen LogP contribution < -0.4 is 5.73 Å². The van der Waals surface area contributed by atoms with Gasteiger partial charge in [0.25, 0.3) is 0 Å². The highest BCUT2D eigenvalue weighted by atomic mass is 79.9. The minimum absolute atomic E-state index is 0.124. The topological polar surface area (TPSA) is 49.9 Å². The maximum atomic E-state index is 7.85. The Kier molecular flexibility index (Phi) is 5.57. The van der Waals surface area contributed by atoms with Crippen LogP contribution >= 0.6 is 39.5 Å². The van der Waals surface area contributed by atoms with Gasteiger partial charge in [0.05, 0.1) is 0 Å². The lowest BCUT2D eigenvalue weighted by atomic mass is 10.2. The molecule has 5 heteroatoms. The first-order chi connectivity index (χ1) is 9.61. The molecule has 2 nitrogen and oxygen atoms in total. The zero-order chi connectivity index (χ0) is 14.5. The van der Waals surface area contributed by atoms with Crippen molar-refractivity contribution in [1.82, 2.24) is 0 Å². The number of hydrogen-bond acceptors (Lipinski definition) is 3. The number of hydrogen-bond donors (Lipinski definition) is 2. The molecule has 0 saturated carbocycles. The van der Waals surface area contributed by atoms with Crippen LogP contribution in [0.3, 0.4) is 0 Å². The maximum Gasteiger partial charge on any atom is 0.125 e. The fourth-order valence-corrected chi connectivity index (χ4v) is 4.32. The van der Waals surface area contributed by atoms with E-state index in [1.807, 2.05) is 30.3 Å². The van der Waals surface area contributed by atoms with Crippen LogP contribution in [0.25, 0.3) is 0 Å². The van der Waals surface area contributed by atoms with E-state index < -0.39 is 0 Å². The Morgan fingerprint density at radius 2 is 1.90 bits per heavy atom. The number of nitrogens with two attached hydrogens (primary N) is 1. The summed E-state index contributed by atoms with van der Waals surface area (Å²) in [5, 5.41) is 7.85. The van der Waals surface area contributed by atoms with Crippen molar-refractivity contribution in [3.8, 4) is 0 Å². The van der Waals surface area contributed by atoms with Crippen LogP contribution in [0.4, 0.5) is 0 Å². The van der Waals surface area contributed by atoms with Crippen molar-refractivity contribution < 1.29 is 0 Å². The molecular formula is C15H15BrN2S2. The molecule has 0 radical (unpaired) electrons. The molecule has 0 aliphatic carbocycles. The third-order valence-corrected chi connectivity index (χ3v) is 5.06. The van der Waals surface area contributed by atoms with E-state index in [4.69, 9.17) is 11.1 Å². The van der Waals surface area contributed by atoms with Gasteiger partial charge < -0.3 is 5.73 Å². The molecule has 0 bridgehead atoms. The summed E-state index contributed by atoms with van der Waals surface area (Å²) in [6.07, 6.45) is 0. The first-order valence-electron chi connectivity index (χ1n) is 6.15. The fraction of sp³-hybridized carbons (Fsp3) is 0.133. The number of rotatable bonds is 5. The summed E-state index contributed by atoms with van der Waals surface area (Å²) in [6, 6.07) is 14.2. The lowest BCUT2D eigenvalue weighted by Gasteiger charge is -2.12. The van der Waals surface area contributed by atoms with E-state index in [9.17, 15) is 0 Å². The second-order valence-corrected chi connectivity index (χ2v) is 7.37. The highest BCUT2D eigenvalue weighted by Crippen LogP contribution is 2.35. The SMILES string of the molecule is CCSc1cccc(Sc2cccc(Br)c2)c1C(=N)N. The fourth-order valence-electron chi connectivity index (χ4n) is 1.79. The van der Waals surface area contributed by atoms with Crippen LogP contribution in [-0.2, 0) is 0 Å². The quantitative estimate of drug-likeness (QED) is 0.444. The average Bonchev–Trinajstić information content (AvgIpc) is 2.39. The minimum Gasteiger partial charge on any atom is -0.384 e. The van der Waals surface area contributed by atoms with Crippen molar-refractivity contribution in [2.24, 2.45) is 5.73 Å². The molecule has 0 amide bonds. The summed E-state index contributed by atoms with van der Waals surface area (Å²) in [6.45, 7) is 2.10. The van der Waals surface area contributed by atoms with E-state index in [0.29, 0.717) is 0 Å². The predicted molar refractivity (Wildman–Crippen MR) is 92.1 cm³/mol. The molecule has 0 spiro atoms. The molecule has 2 rings (SSSR count). The Morgan fingerprint density at radius 3 is 2.55 bits per heavy atom. The van der Waals surface area contributed by atoms with Gasteiger partial charge in [0.15, 0.2) is 0 Å². The van der Waals surface area contributed by atoms with Gasteiger partial charge in [-0.15, -0.1) is 11.8 Å². The summed E-state index contributed by atoms with van der Waals surface area (Å²) >= 11 is 6.83. The number of halogens is 1. The second-order valence-electron chi connectivity index (χ2n) is 4.04. The molecule has 0 aliphatic heterocycles. The van der Waals surface area contributed by atoms with E-state index in [1.165, 1.54) is 0 Å². The molecule has 0 aliphatic rings. The Labute approximate surface area is 136 Å². The zero-order valence-electron chi connectivity index (χ0n) is 11.0. The standard InChI is InChI=1S/C15H15BrN2S2/c1-2-19-12-7-4-8-13(14(12)15(17)18)20-11-6-3-5-10(16)9-11/h3-9H,2H2,1H3,(H3,17,18). The van der Waals surface area contributed by atoms with E-state index in [1.54, 1.807) is 23.5 Å². The Bertz CT molecular complexity index is 629. The summed E-state index contributed by atoms with van der Waals surface area (Å²) < 4.78 is 1.05. The first-order valence-corrected chi connectivity index (χ1v) is 8.75. The number of amidine groups is 1. The summed E-state index contributed by atoms with van der Waals surface area (Å²) in [5.74, 6) is 1.09. The van der Waals surface area contributed by atoms with Crippen molar-refractivity contribution in [3.63, 3.8) is 0 Å². The number of nitrogen functional groups attached to an aromatic ring is 1. The molecule has 0 atom stereocenters. The van der Waals surface area contributed by atoms with Crippen LogP contribution in [0.5, 0.6) is 0 Å². The predicted octanol–water partition coefficient (Wildman–Crippen LogP) is 5.00. The van der Waals surface area contributed by atoms with Gasteiger partial charge in [-0.25, -0.2) is 0 Å². The van der Waals surface area contributed by atoms with Crippen LogP contribution in [-0.4, -0.2) is 11.6 Å². The monoisotopic (exact) mass is 366 g/mol. The van der Waals surface area contributed by atoms with Gasteiger partial charge in [-0.1, -0.05) is 46.7 Å². The largest absolute Gasteiger partial charge is 0.384 e. The van der Waals surface area contributed by atoms with E-state index in [2.05, 4.69) is 35.0 Å². The molecule has 20 heavy (non-hydrogen) atoms. The van der Waals surface area contributed by atoms with Crippen LogP contribution in [0.15, 0.2) is 61.6 Å². The third-order valence-electron chi connectivity index (χ3n) is 2.58. The highest BCUT2D eigenvalue weighted by Gasteiger charge is 2.12. The van der Waals surface area contributed by atoms with Gasteiger partial charge in [-0.2, -0.15) is 0 Å². The summed E-state index contributed by atoms with van der Waals surface area (Å²) in [4.78, 5) is 3.22. The molecule has 104 valence electrons.